The van der Waals surface area contributed by atoms with Crippen LogP contribution in [0.3, 0.4) is 0 Å². The molecule has 0 unspecified atom stereocenters. The van der Waals surface area contributed by atoms with Crippen molar-refractivity contribution in [3.63, 3.8) is 0 Å². The van der Waals surface area contributed by atoms with Gasteiger partial charge in [0.1, 0.15) is 24.1 Å². The van der Waals surface area contributed by atoms with Gasteiger partial charge in [0.25, 0.3) is 10.0 Å². The molecular weight excluding hydrogens is 566 g/mol. The summed E-state index contributed by atoms with van der Waals surface area (Å²) in [5.41, 5.74) is 0.979. The molecule has 0 aliphatic rings. The Kier molecular flexibility index (Phi) is 11.0. The van der Waals surface area contributed by atoms with Crippen molar-refractivity contribution in [2.75, 3.05) is 24.6 Å². The molecular formula is C30H36ClN3O6S. The Balaban J connectivity index is 2.04. The van der Waals surface area contributed by atoms with Gasteiger partial charge in [0.2, 0.25) is 11.8 Å². The van der Waals surface area contributed by atoms with Crippen molar-refractivity contribution in [3.8, 4) is 11.5 Å². The van der Waals surface area contributed by atoms with Gasteiger partial charge in [0.15, 0.2) is 0 Å². The maximum Gasteiger partial charge on any atom is 0.264 e. The molecule has 0 radical (unpaired) electrons. The van der Waals surface area contributed by atoms with E-state index in [0.717, 1.165) is 9.87 Å². The first kappa shape index (κ1) is 31.8. The highest BCUT2D eigenvalue weighted by Crippen LogP contribution is 2.27. The first-order valence-corrected chi connectivity index (χ1v) is 15.0. The summed E-state index contributed by atoms with van der Waals surface area (Å²) in [6, 6.07) is 18.2. The van der Waals surface area contributed by atoms with Gasteiger partial charge in [-0.3, -0.25) is 13.9 Å². The molecule has 3 aromatic carbocycles. The van der Waals surface area contributed by atoms with E-state index in [1.807, 2.05) is 26.8 Å². The summed E-state index contributed by atoms with van der Waals surface area (Å²) in [7, 11) is -2.67. The molecule has 1 atom stereocenters. The molecule has 1 N–H and O–H groups in total. The fourth-order valence-electron chi connectivity index (χ4n) is 4.09. The maximum atomic E-state index is 14.0. The number of nitrogens with one attached hydrogen (secondary N) is 1. The van der Waals surface area contributed by atoms with Gasteiger partial charge < -0.3 is 19.7 Å². The molecule has 3 rings (SSSR count). The maximum absolute atomic E-state index is 14.0. The molecule has 0 bridgehead atoms. The van der Waals surface area contributed by atoms with Gasteiger partial charge >= 0.3 is 0 Å². The number of halogens is 1. The number of anilines is 1. The number of amides is 2. The summed E-state index contributed by atoms with van der Waals surface area (Å²) >= 11 is 6.00. The molecule has 9 nitrogen and oxygen atoms in total. The molecule has 220 valence electrons. The van der Waals surface area contributed by atoms with Gasteiger partial charge in [0, 0.05) is 17.6 Å². The van der Waals surface area contributed by atoms with Crippen LogP contribution < -0.4 is 19.1 Å². The van der Waals surface area contributed by atoms with Crippen molar-refractivity contribution >= 4 is 39.1 Å². The lowest BCUT2D eigenvalue weighted by molar-refractivity contribution is -0.139. The quantitative estimate of drug-likeness (QED) is 0.299. The summed E-state index contributed by atoms with van der Waals surface area (Å²) in [5.74, 6) is 0.232. The number of sulfonamides is 1. The van der Waals surface area contributed by atoms with Crippen LogP contribution in [0.2, 0.25) is 5.02 Å². The zero-order chi connectivity index (χ0) is 30.2. The standard InChI is InChI=1S/C30H36ClN3O6S/c1-6-40-26-14-12-25(13-15-26)34(41(37,38)28-16-10-24(31)11-17-28)20-29(35)33(22(4)30(36)32-21(2)3)19-23-8-7-9-27(18-23)39-5/h7-18,21-22H,6,19-20H2,1-5H3,(H,32,36)/t22-/m0/s1. The molecule has 2 amide bonds. The summed E-state index contributed by atoms with van der Waals surface area (Å²) in [6.07, 6.45) is 0. The molecule has 0 aliphatic heterocycles. The number of carbonyl (C=O) groups is 2. The van der Waals surface area contributed by atoms with Crippen LogP contribution in [0.15, 0.2) is 77.7 Å². The highest BCUT2D eigenvalue weighted by molar-refractivity contribution is 7.92. The monoisotopic (exact) mass is 601 g/mol. The SMILES string of the molecule is CCOc1ccc(N(CC(=O)N(Cc2cccc(OC)c2)[C@@H](C)C(=O)NC(C)C)S(=O)(=O)c2ccc(Cl)cc2)cc1. The lowest BCUT2D eigenvalue weighted by Crippen LogP contribution is -2.52. The highest BCUT2D eigenvalue weighted by atomic mass is 35.5. The molecule has 0 aromatic heterocycles. The van der Waals surface area contributed by atoms with Crippen LogP contribution in [0.4, 0.5) is 5.69 Å². The van der Waals surface area contributed by atoms with Crippen molar-refractivity contribution in [2.24, 2.45) is 0 Å². The third kappa shape index (κ3) is 8.37. The Bertz CT molecular complexity index is 1430. The van der Waals surface area contributed by atoms with Gasteiger partial charge in [-0.2, -0.15) is 0 Å². The number of ether oxygens (including phenoxy) is 2. The third-order valence-electron chi connectivity index (χ3n) is 6.20. The van der Waals surface area contributed by atoms with E-state index >= 15 is 0 Å². The molecule has 0 saturated carbocycles. The number of carbonyl (C=O) groups excluding carboxylic acids is 2. The van der Waals surface area contributed by atoms with Crippen molar-refractivity contribution in [1.29, 1.82) is 0 Å². The molecule has 0 saturated heterocycles. The number of rotatable bonds is 13. The van der Waals surface area contributed by atoms with Gasteiger partial charge in [-0.25, -0.2) is 8.42 Å². The number of nitrogens with zero attached hydrogens (tertiary/aromatic N) is 2. The van der Waals surface area contributed by atoms with E-state index in [1.165, 1.54) is 36.3 Å². The summed E-state index contributed by atoms with van der Waals surface area (Å²) in [6.45, 7) is 7.06. The lowest BCUT2D eigenvalue weighted by Gasteiger charge is -2.32. The van der Waals surface area contributed by atoms with Crippen molar-refractivity contribution in [1.82, 2.24) is 10.2 Å². The minimum absolute atomic E-state index is 0.0338. The highest BCUT2D eigenvalue weighted by Gasteiger charge is 2.32. The van der Waals surface area contributed by atoms with Crippen LogP contribution in [0, 0.1) is 0 Å². The van der Waals surface area contributed by atoms with Gasteiger partial charge in [-0.15, -0.1) is 0 Å². The average Bonchev–Trinajstić information content (AvgIpc) is 2.94. The Hall–Kier alpha value is -3.76. The lowest BCUT2D eigenvalue weighted by atomic mass is 10.1. The van der Waals surface area contributed by atoms with Crippen LogP contribution in [0.1, 0.15) is 33.3 Å². The number of methoxy groups -OCH3 is 1. The average molecular weight is 602 g/mol. The minimum atomic E-state index is -4.21. The molecule has 0 spiro atoms. The van der Waals surface area contributed by atoms with E-state index in [9.17, 15) is 18.0 Å². The van der Waals surface area contributed by atoms with E-state index in [4.69, 9.17) is 21.1 Å². The molecule has 41 heavy (non-hydrogen) atoms. The predicted octanol–water partition coefficient (Wildman–Crippen LogP) is 4.88. The molecule has 0 fully saturated rings. The number of hydrogen-bond donors (Lipinski definition) is 1. The van der Waals surface area contributed by atoms with Gasteiger partial charge in [0.05, 0.1) is 24.3 Å². The van der Waals surface area contributed by atoms with E-state index in [0.29, 0.717) is 23.1 Å². The zero-order valence-corrected chi connectivity index (χ0v) is 25.4. The third-order valence-corrected chi connectivity index (χ3v) is 8.24. The van der Waals surface area contributed by atoms with Crippen molar-refractivity contribution in [2.45, 2.75) is 51.2 Å². The normalized spacial score (nSPS) is 12.0. The second kappa shape index (κ2) is 14.2. The Morgan fingerprint density at radius 3 is 2.20 bits per heavy atom. The van der Waals surface area contributed by atoms with Gasteiger partial charge in [-0.05, 0) is 93.9 Å². The largest absolute Gasteiger partial charge is 0.497 e. The van der Waals surface area contributed by atoms with E-state index in [1.54, 1.807) is 49.4 Å². The summed E-state index contributed by atoms with van der Waals surface area (Å²) in [5, 5.41) is 3.21. The Labute approximate surface area is 247 Å². The Morgan fingerprint density at radius 1 is 0.951 bits per heavy atom. The minimum Gasteiger partial charge on any atom is -0.497 e. The first-order valence-electron chi connectivity index (χ1n) is 13.2. The van der Waals surface area contributed by atoms with Crippen LogP contribution in [-0.4, -0.2) is 57.5 Å². The first-order chi connectivity index (χ1) is 19.5. The van der Waals surface area contributed by atoms with E-state index in [2.05, 4.69) is 5.32 Å². The molecule has 0 aliphatic carbocycles. The summed E-state index contributed by atoms with van der Waals surface area (Å²) < 4.78 is 39.6. The topological polar surface area (TPSA) is 105 Å². The fraction of sp³-hybridized carbons (Fsp3) is 0.333. The number of hydrogen-bond acceptors (Lipinski definition) is 6. The van der Waals surface area contributed by atoms with Crippen LogP contribution in [0.5, 0.6) is 11.5 Å². The molecule has 3 aromatic rings. The fourth-order valence-corrected chi connectivity index (χ4v) is 5.63. The second-order valence-corrected chi connectivity index (χ2v) is 11.9. The second-order valence-electron chi connectivity index (χ2n) is 9.60. The zero-order valence-electron chi connectivity index (χ0n) is 23.8. The smallest absolute Gasteiger partial charge is 0.264 e. The molecule has 11 heteroatoms. The van der Waals surface area contributed by atoms with E-state index < -0.39 is 28.5 Å². The van der Waals surface area contributed by atoms with Crippen molar-refractivity contribution in [3.05, 3.63) is 83.4 Å². The van der Waals surface area contributed by atoms with Crippen LogP contribution in [-0.2, 0) is 26.2 Å². The summed E-state index contributed by atoms with van der Waals surface area (Å²) in [4.78, 5) is 28.3. The number of benzene rings is 3. The van der Waals surface area contributed by atoms with Crippen LogP contribution >= 0.6 is 11.6 Å². The van der Waals surface area contributed by atoms with Gasteiger partial charge in [-0.1, -0.05) is 23.7 Å². The van der Waals surface area contributed by atoms with E-state index in [-0.39, 0.29) is 29.1 Å². The van der Waals surface area contributed by atoms with Crippen LogP contribution in [0.25, 0.3) is 0 Å². The predicted molar refractivity (Wildman–Crippen MR) is 160 cm³/mol. The van der Waals surface area contributed by atoms with Crippen molar-refractivity contribution < 1.29 is 27.5 Å². The molecule has 0 heterocycles. The Morgan fingerprint density at radius 2 is 1.61 bits per heavy atom.